The quantitative estimate of drug-likeness (QED) is 0.747. The minimum absolute atomic E-state index is 0.0194. The lowest BCUT2D eigenvalue weighted by Crippen LogP contribution is -2.46. The van der Waals surface area contributed by atoms with E-state index in [1.807, 2.05) is 0 Å². The van der Waals surface area contributed by atoms with Crippen molar-refractivity contribution in [2.24, 2.45) is 11.3 Å². The van der Waals surface area contributed by atoms with Gasteiger partial charge in [-0.2, -0.15) is 0 Å². The Morgan fingerprint density at radius 2 is 1.94 bits per heavy atom. The predicted octanol–water partition coefficient (Wildman–Crippen LogP) is 1.17. The summed E-state index contributed by atoms with van der Waals surface area (Å²) in [5.74, 6) is -0.116. The number of carboxylic acid groups (broad SMARTS) is 1. The SMILES string of the molecule is O=C(CCC1CC1)NCC1(C(=O)O)CCOCC1. The fraction of sp³-hybridized carbons (Fsp3) is 0.846. The zero-order chi connectivity index (χ0) is 13.0. The van der Waals surface area contributed by atoms with Gasteiger partial charge in [0.25, 0.3) is 0 Å². The summed E-state index contributed by atoms with van der Waals surface area (Å²) >= 11 is 0. The van der Waals surface area contributed by atoms with Gasteiger partial charge in [-0.15, -0.1) is 0 Å². The van der Waals surface area contributed by atoms with E-state index >= 15 is 0 Å². The van der Waals surface area contributed by atoms with Crippen LogP contribution < -0.4 is 5.32 Å². The van der Waals surface area contributed by atoms with Crippen molar-refractivity contribution in [3.63, 3.8) is 0 Å². The topological polar surface area (TPSA) is 75.6 Å². The summed E-state index contributed by atoms with van der Waals surface area (Å²) < 4.78 is 5.19. The van der Waals surface area contributed by atoms with Crippen LogP contribution in [0.15, 0.2) is 0 Å². The van der Waals surface area contributed by atoms with E-state index in [1.165, 1.54) is 12.8 Å². The third-order valence-corrected chi connectivity index (χ3v) is 4.00. The summed E-state index contributed by atoms with van der Waals surface area (Å²) in [6.07, 6.45) is 4.90. The summed E-state index contributed by atoms with van der Waals surface area (Å²) in [5, 5.41) is 12.1. The van der Waals surface area contributed by atoms with Gasteiger partial charge in [-0.3, -0.25) is 9.59 Å². The van der Waals surface area contributed by atoms with Crippen molar-refractivity contribution in [1.82, 2.24) is 5.32 Å². The van der Waals surface area contributed by atoms with E-state index in [0.29, 0.717) is 32.5 Å². The third-order valence-electron chi connectivity index (χ3n) is 4.00. The highest BCUT2D eigenvalue weighted by molar-refractivity contribution is 5.79. The van der Waals surface area contributed by atoms with E-state index in [0.717, 1.165) is 12.3 Å². The Bertz CT molecular complexity index is 319. The molecule has 1 aliphatic carbocycles. The van der Waals surface area contributed by atoms with Crippen molar-refractivity contribution < 1.29 is 19.4 Å². The number of ether oxygens (including phenoxy) is 1. The van der Waals surface area contributed by atoms with Crippen LogP contribution >= 0.6 is 0 Å². The van der Waals surface area contributed by atoms with E-state index in [4.69, 9.17) is 4.74 Å². The van der Waals surface area contributed by atoms with Crippen molar-refractivity contribution in [3.05, 3.63) is 0 Å². The maximum atomic E-state index is 11.6. The molecule has 2 aliphatic rings. The summed E-state index contributed by atoms with van der Waals surface area (Å²) in [5.41, 5.74) is -0.826. The van der Waals surface area contributed by atoms with Crippen LogP contribution in [0.1, 0.15) is 38.5 Å². The van der Waals surface area contributed by atoms with Crippen LogP contribution in [-0.2, 0) is 14.3 Å². The molecule has 5 heteroatoms. The van der Waals surface area contributed by atoms with E-state index in [2.05, 4.69) is 5.32 Å². The molecule has 18 heavy (non-hydrogen) atoms. The Hall–Kier alpha value is -1.10. The smallest absolute Gasteiger partial charge is 0.311 e. The second-order valence-corrected chi connectivity index (χ2v) is 5.46. The van der Waals surface area contributed by atoms with Crippen LogP contribution in [0.2, 0.25) is 0 Å². The van der Waals surface area contributed by atoms with Gasteiger partial charge < -0.3 is 15.2 Å². The van der Waals surface area contributed by atoms with Crippen molar-refractivity contribution in [2.75, 3.05) is 19.8 Å². The van der Waals surface area contributed by atoms with E-state index in [-0.39, 0.29) is 12.5 Å². The molecule has 5 nitrogen and oxygen atoms in total. The lowest BCUT2D eigenvalue weighted by atomic mass is 9.80. The minimum Gasteiger partial charge on any atom is -0.481 e. The molecule has 0 aromatic heterocycles. The number of nitrogens with one attached hydrogen (secondary N) is 1. The summed E-state index contributed by atoms with van der Waals surface area (Å²) in [7, 11) is 0. The zero-order valence-electron chi connectivity index (χ0n) is 10.6. The Morgan fingerprint density at radius 1 is 1.28 bits per heavy atom. The van der Waals surface area contributed by atoms with Crippen molar-refractivity contribution >= 4 is 11.9 Å². The lowest BCUT2D eigenvalue weighted by molar-refractivity contribution is -0.154. The fourth-order valence-electron chi connectivity index (χ4n) is 2.33. The molecule has 1 saturated carbocycles. The number of hydrogen-bond donors (Lipinski definition) is 2. The maximum absolute atomic E-state index is 11.6. The largest absolute Gasteiger partial charge is 0.481 e. The average molecular weight is 255 g/mol. The molecule has 0 atom stereocenters. The van der Waals surface area contributed by atoms with Crippen LogP contribution in [-0.4, -0.2) is 36.7 Å². The van der Waals surface area contributed by atoms with Gasteiger partial charge >= 0.3 is 5.97 Å². The van der Waals surface area contributed by atoms with Crippen LogP contribution in [0, 0.1) is 11.3 Å². The molecule has 2 N–H and O–H groups in total. The highest BCUT2D eigenvalue weighted by Gasteiger charge is 2.40. The van der Waals surface area contributed by atoms with Crippen LogP contribution in [0.5, 0.6) is 0 Å². The van der Waals surface area contributed by atoms with Gasteiger partial charge in [-0.05, 0) is 25.2 Å². The van der Waals surface area contributed by atoms with Gasteiger partial charge in [0.15, 0.2) is 0 Å². The zero-order valence-corrected chi connectivity index (χ0v) is 10.6. The molecule has 0 radical (unpaired) electrons. The van der Waals surface area contributed by atoms with E-state index < -0.39 is 11.4 Å². The Labute approximate surface area is 107 Å². The van der Waals surface area contributed by atoms with Gasteiger partial charge in [-0.25, -0.2) is 0 Å². The number of carbonyl (C=O) groups is 2. The lowest BCUT2D eigenvalue weighted by Gasteiger charge is -2.33. The standard InChI is InChI=1S/C13H21NO4/c15-11(4-3-10-1-2-10)14-9-13(12(16)17)5-7-18-8-6-13/h10H,1-9H2,(H,14,15)(H,16,17). The molecule has 102 valence electrons. The number of aliphatic carboxylic acids is 1. The molecular formula is C13H21NO4. The number of amides is 1. The second kappa shape index (κ2) is 5.69. The van der Waals surface area contributed by atoms with Crippen molar-refractivity contribution in [2.45, 2.75) is 38.5 Å². The molecule has 1 aliphatic heterocycles. The molecule has 0 unspecified atom stereocenters. The second-order valence-electron chi connectivity index (χ2n) is 5.46. The van der Waals surface area contributed by atoms with Gasteiger partial charge in [0.05, 0.1) is 5.41 Å². The first-order valence-electron chi connectivity index (χ1n) is 6.70. The molecule has 2 fully saturated rings. The number of carbonyl (C=O) groups excluding carboxylic acids is 1. The molecule has 1 heterocycles. The van der Waals surface area contributed by atoms with Gasteiger partial charge in [0, 0.05) is 26.2 Å². The molecule has 1 saturated heterocycles. The third kappa shape index (κ3) is 3.45. The van der Waals surface area contributed by atoms with Crippen LogP contribution in [0.3, 0.4) is 0 Å². The Morgan fingerprint density at radius 3 is 2.50 bits per heavy atom. The number of carboxylic acids is 1. The van der Waals surface area contributed by atoms with Gasteiger partial charge in [0.1, 0.15) is 0 Å². The molecular weight excluding hydrogens is 234 g/mol. The summed E-state index contributed by atoms with van der Waals surface area (Å²) in [6.45, 7) is 1.16. The monoisotopic (exact) mass is 255 g/mol. The molecule has 0 aromatic carbocycles. The molecule has 0 aromatic rings. The van der Waals surface area contributed by atoms with E-state index in [9.17, 15) is 14.7 Å². The average Bonchev–Trinajstić information content (AvgIpc) is 3.19. The highest BCUT2D eigenvalue weighted by atomic mass is 16.5. The fourth-order valence-corrected chi connectivity index (χ4v) is 2.33. The van der Waals surface area contributed by atoms with Crippen molar-refractivity contribution in [1.29, 1.82) is 0 Å². The molecule has 1 amide bonds. The highest BCUT2D eigenvalue weighted by Crippen LogP contribution is 2.33. The molecule has 2 rings (SSSR count). The van der Waals surface area contributed by atoms with Crippen LogP contribution in [0.4, 0.5) is 0 Å². The summed E-state index contributed by atoms with van der Waals surface area (Å²) in [6, 6.07) is 0. The Kier molecular flexibility index (Phi) is 4.22. The summed E-state index contributed by atoms with van der Waals surface area (Å²) in [4.78, 5) is 23.0. The predicted molar refractivity (Wildman–Crippen MR) is 65.1 cm³/mol. The van der Waals surface area contributed by atoms with Gasteiger partial charge in [-0.1, -0.05) is 12.8 Å². The molecule has 0 spiro atoms. The van der Waals surface area contributed by atoms with Gasteiger partial charge in [0.2, 0.25) is 5.91 Å². The first-order valence-corrected chi connectivity index (χ1v) is 6.70. The van der Waals surface area contributed by atoms with Crippen LogP contribution in [0.25, 0.3) is 0 Å². The number of rotatable bonds is 6. The maximum Gasteiger partial charge on any atom is 0.311 e. The number of hydrogen-bond acceptors (Lipinski definition) is 3. The first kappa shape index (κ1) is 13.3. The van der Waals surface area contributed by atoms with E-state index in [1.54, 1.807) is 0 Å². The normalized spacial score (nSPS) is 22.4. The molecule has 0 bridgehead atoms. The first-order chi connectivity index (χ1) is 8.62. The minimum atomic E-state index is -0.826. The Balaban J connectivity index is 1.77. The van der Waals surface area contributed by atoms with Crippen molar-refractivity contribution in [3.8, 4) is 0 Å².